The van der Waals surface area contributed by atoms with Gasteiger partial charge in [0.05, 0.1) is 30.2 Å². The summed E-state index contributed by atoms with van der Waals surface area (Å²) in [5, 5.41) is 19.1. The molecule has 218 valence electrons. The maximum Gasteiger partial charge on any atom is 0.317 e. The monoisotopic (exact) mass is 553 g/mol. The highest BCUT2D eigenvalue weighted by Crippen LogP contribution is 2.14. The van der Waals surface area contributed by atoms with E-state index in [2.05, 4.69) is 32.9 Å². The average Bonchev–Trinajstić information content (AvgIpc) is 3.14. The number of aliphatic carboxylic acids is 2. The number of nitrogens with zero attached hydrogens (tertiary/aromatic N) is 6. The molecular formula is C29H43N7O4. The number of hydrogen-bond donors (Lipinski definition) is 3. The highest BCUT2D eigenvalue weighted by atomic mass is 16.4. The van der Waals surface area contributed by atoms with Gasteiger partial charge in [-0.15, -0.1) is 6.42 Å². The van der Waals surface area contributed by atoms with Crippen molar-refractivity contribution in [2.45, 2.75) is 25.7 Å². The van der Waals surface area contributed by atoms with E-state index in [9.17, 15) is 19.8 Å². The third-order valence-electron chi connectivity index (χ3n) is 7.14. The minimum atomic E-state index is -0.858. The van der Waals surface area contributed by atoms with Crippen molar-refractivity contribution >= 4 is 23.4 Å². The van der Waals surface area contributed by atoms with Gasteiger partial charge in [0.25, 0.3) is 0 Å². The van der Waals surface area contributed by atoms with Gasteiger partial charge in [0.1, 0.15) is 0 Å². The zero-order valence-corrected chi connectivity index (χ0v) is 23.4. The first kappa shape index (κ1) is 31.4. The Morgan fingerprint density at radius 3 is 1.95 bits per heavy atom. The lowest BCUT2D eigenvalue weighted by molar-refractivity contribution is -0.139. The Labute approximate surface area is 237 Å². The predicted octanol–water partition coefficient (Wildman–Crippen LogP) is 0.763. The largest absolute Gasteiger partial charge is 0.480 e. The maximum absolute atomic E-state index is 11.7. The van der Waals surface area contributed by atoms with E-state index in [0.29, 0.717) is 72.0 Å². The Hall–Kier alpha value is -3.14. The Morgan fingerprint density at radius 2 is 1.43 bits per heavy atom. The second-order valence-corrected chi connectivity index (χ2v) is 10.3. The maximum atomic E-state index is 11.7. The minimum Gasteiger partial charge on any atom is -0.480 e. The molecule has 3 rings (SSSR count). The van der Waals surface area contributed by atoms with Gasteiger partial charge in [0.2, 0.25) is 0 Å². The van der Waals surface area contributed by atoms with Crippen molar-refractivity contribution < 1.29 is 19.8 Å². The third-order valence-corrected chi connectivity index (χ3v) is 7.14. The van der Waals surface area contributed by atoms with Crippen molar-refractivity contribution in [2.75, 3.05) is 85.1 Å². The van der Waals surface area contributed by atoms with Crippen LogP contribution in [0.5, 0.6) is 0 Å². The van der Waals surface area contributed by atoms with Crippen LogP contribution in [0.2, 0.25) is 0 Å². The summed E-state index contributed by atoms with van der Waals surface area (Å²) in [6.45, 7) is 6.47. The van der Waals surface area contributed by atoms with Gasteiger partial charge in [-0.25, -0.2) is 4.99 Å². The number of aliphatic imine (C=N–C) groups is 2. The summed E-state index contributed by atoms with van der Waals surface area (Å²) in [6.07, 6.45) is 16.9. The standard InChI is InChI=1S/C29H43N7O4/c1-2-24-8-5-9-27(31-24)21-34-14-18-35(22-28(37)38)16-12-33(13-17-36(19-15-34)23-29(39)40)20-26-7-4-3-6-25(32-26)10-11-30/h1,3-4,7,9H,5-6,8,10-23,30H2,(H,37,38)(H,39,40). The first-order chi connectivity index (χ1) is 19.3. The van der Waals surface area contributed by atoms with Crippen LogP contribution in [-0.2, 0) is 9.59 Å². The smallest absolute Gasteiger partial charge is 0.317 e. The summed E-state index contributed by atoms with van der Waals surface area (Å²) >= 11 is 0. The van der Waals surface area contributed by atoms with Crippen LogP contribution in [0.3, 0.4) is 0 Å². The van der Waals surface area contributed by atoms with Crippen molar-refractivity contribution in [3.05, 3.63) is 35.7 Å². The Bertz CT molecular complexity index is 1040. The number of carboxylic acids is 2. The molecule has 0 aromatic carbocycles. The molecule has 3 heterocycles. The topological polar surface area (TPSA) is 138 Å². The van der Waals surface area contributed by atoms with Crippen molar-refractivity contribution in [3.8, 4) is 12.3 Å². The second kappa shape index (κ2) is 16.8. The molecule has 1 saturated heterocycles. The lowest BCUT2D eigenvalue weighted by Crippen LogP contribution is -2.48. The summed E-state index contributed by atoms with van der Waals surface area (Å²) < 4.78 is 0. The van der Waals surface area contributed by atoms with Crippen LogP contribution in [0.25, 0.3) is 0 Å². The number of hydrogen-bond acceptors (Lipinski definition) is 9. The third kappa shape index (κ3) is 11.5. The molecule has 0 unspecified atom stereocenters. The van der Waals surface area contributed by atoms with Gasteiger partial charge in [-0.3, -0.25) is 34.2 Å². The fourth-order valence-electron chi connectivity index (χ4n) is 4.99. The number of carbonyl (C=O) groups is 2. The number of nitrogens with two attached hydrogens (primary N) is 1. The van der Waals surface area contributed by atoms with Gasteiger partial charge in [-0.1, -0.05) is 24.1 Å². The summed E-state index contributed by atoms with van der Waals surface area (Å²) in [4.78, 5) is 41.2. The molecule has 0 saturated carbocycles. The fraction of sp³-hybridized carbons (Fsp3) is 0.586. The van der Waals surface area contributed by atoms with Gasteiger partial charge in [0.15, 0.2) is 0 Å². The van der Waals surface area contributed by atoms with Crippen LogP contribution in [0.15, 0.2) is 45.7 Å². The number of rotatable bonds is 10. The van der Waals surface area contributed by atoms with E-state index in [4.69, 9.17) is 17.1 Å². The molecule has 0 amide bonds. The molecule has 0 aliphatic carbocycles. The fourth-order valence-corrected chi connectivity index (χ4v) is 4.99. The molecule has 40 heavy (non-hydrogen) atoms. The summed E-state index contributed by atoms with van der Waals surface area (Å²) in [5.74, 6) is 0.932. The van der Waals surface area contributed by atoms with Gasteiger partial charge in [0, 0.05) is 84.0 Å². The summed E-state index contributed by atoms with van der Waals surface area (Å²) in [7, 11) is 0. The van der Waals surface area contributed by atoms with E-state index in [0.717, 1.165) is 48.5 Å². The SMILES string of the molecule is C#CC1=NC(CN2CCN(CC(=O)O)CCN(CC3=CC=CCC(CCN)=N3)CCN(CC(=O)O)CC2)=CCC1. The highest BCUT2D eigenvalue weighted by Gasteiger charge is 2.21. The predicted molar refractivity (Wildman–Crippen MR) is 158 cm³/mol. The van der Waals surface area contributed by atoms with Gasteiger partial charge in [-0.2, -0.15) is 0 Å². The van der Waals surface area contributed by atoms with E-state index in [-0.39, 0.29) is 13.1 Å². The zero-order valence-electron chi connectivity index (χ0n) is 23.4. The lowest BCUT2D eigenvalue weighted by atomic mass is 10.1. The molecule has 1 fully saturated rings. The van der Waals surface area contributed by atoms with Crippen molar-refractivity contribution in [3.63, 3.8) is 0 Å². The number of carboxylic acid groups (broad SMARTS) is 2. The van der Waals surface area contributed by atoms with Gasteiger partial charge in [-0.05, 0) is 25.5 Å². The molecule has 0 spiro atoms. The molecule has 0 atom stereocenters. The first-order valence-corrected chi connectivity index (χ1v) is 14.0. The van der Waals surface area contributed by atoms with E-state index < -0.39 is 11.9 Å². The van der Waals surface area contributed by atoms with Crippen LogP contribution in [0.1, 0.15) is 25.7 Å². The van der Waals surface area contributed by atoms with E-state index in [1.807, 2.05) is 22.0 Å². The summed E-state index contributed by atoms with van der Waals surface area (Å²) in [5.41, 5.74) is 9.38. The van der Waals surface area contributed by atoms with Crippen LogP contribution in [0.4, 0.5) is 0 Å². The van der Waals surface area contributed by atoms with Crippen LogP contribution in [0, 0.1) is 12.3 Å². The van der Waals surface area contributed by atoms with Gasteiger partial charge >= 0.3 is 11.9 Å². The van der Waals surface area contributed by atoms with Crippen molar-refractivity contribution in [1.29, 1.82) is 0 Å². The van der Waals surface area contributed by atoms with E-state index >= 15 is 0 Å². The first-order valence-electron chi connectivity index (χ1n) is 14.0. The molecule has 3 aliphatic rings. The van der Waals surface area contributed by atoms with Crippen LogP contribution < -0.4 is 5.73 Å². The molecule has 0 bridgehead atoms. The minimum absolute atomic E-state index is 0.0425. The van der Waals surface area contributed by atoms with E-state index in [1.165, 1.54) is 0 Å². The molecule has 4 N–H and O–H groups in total. The van der Waals surface area contributed by atoms with Crippen LogP contribution >= 0.6 is 0 Å². The highest BCUT2D eigenvalue weighted by molar-refractivity contribution is 6.01. The molecule has 0 aromatic heterocycles. The summed E-state index contributed by atoms with van der Waals surface area (Å²) in [6, 6.07) is 0. The average molecular weight is 554 g/mol. The van der Waals surface area contributed by atoms with E-state index in [1.54, 1.807) is 0 Å². The quantitative estimate of drug-likeness (QED) is 0.335. The lowest BCUT2D eigenvalue weighted by Gasteiger charge is -2.33. The molecule has 11 heteroatoms. The zero-order chi connectivity index (χ0) is 28.7. The Kier molecular flexibility index (Phi) is 13.2. The normalized spacial score (nSPS) is 21.1. The molecule has 3 aliphatic heterocycles. The number of terminal acetylenes is 1. The molecule has 11 nitrogen and oxygen atoms in total. The van der Waals surface area contributed by atoms with Crippen LogP contribution in [-0.4, -0.2) is 138 Å². The number of allylic oxidation sites excluding steroid dienone is 4. The molecule has 0 aromatic rings. The van der Waals surface area contributed by atoms with Gasteiger partial charge < -0.3 is 15.9 Å². The molecule has 0 radical (unpaired) electrons. The second-order valence-electron chi connectivity index (χ2n) is 10.3. The van der Waals surface area contributed by atoms with Crippen molar-refractivity contribution in [1.82, 2.24) is 19.6 Å². The Morgan fingerprint density at radius 1 is 0.875 bits per heavy atom. The van der Waals surface area contributed by atoms with Crippen molar-refractivity contribution in [2.24, 2.45) is 15.7 Å². The Balaban J connectivity index is 1.76. The molecular weight excluding hydrogens is 510 g/mol.